The number of rotatable bonds is 14. The second-order valence-electron chi connectivity index (χ2n) is 13.7. The van der Waals surface area contributed by atoms with Gasteiger partial charge in [-0.1, -0.05) is 86.5 Å². The number of hydrogen-bond donors (Lipinski definition) is 1. The van der Waals surface area contributed by atoms with Gasteiger partial charge < -0.3 is 28.0 Å². The van der Waals surface area contributed by atoms with Gasteiger partial charge in [0.2, 0.25) is 0 Å². The molecule has 14 heteroatoms. The molecule has 0 amide bonds. The van der Waals surface area contributed by atoms with E-state index >= 15 is 0 Å². The predicted molar refractivity (Wildman–Crippen MR) is 186 cm³/mol. The van der Waals surface area contributed by atoms with Gasteiger partial charge in [-0.15, -0.1) is 5.10 Å². The van der Waals surface area contributed by atoms with Crippen LogP contribution in [0.15, 0.2) is 83.3 Å². The molecule has 9 nitrogen and oxygen atoms in total. The van der Waals surface area contributed by atoms with E-state index in [1.165, 1.54) is 0 Å². The van der Waals surface area contributed by atoms with E-state index in [-0.39, 0.29) is 36.9 Å². The Morgan fingerprint density at radius 3 is 2.10 bits per heavy atom. The Balaban J connectivity index is 1.13. The number of benzene rings is 3. The highest BCUT2D eigenvalue weighted by atomic mass is 31.2. The van der Waals surface area contributed by atoms with Crippen molar-refractivity contribution in [1.29, 1.82) is 0 Å². The first-order valence-electron chi connectivity index (χ1n) is 16.4. The van der Waals surface area contributed by atoms with Gasteiger partial charge in [0.1, 0.15) is 23.7 Å². The number of pyridine rings is 1. The molecule has 270 valence electrons. The first-order chi connectivity index (χ1) is 24.3. The van der Waals surface area contributed by atoms with Crippen LogP contribution in [-0.2, 0) is 32.2 Å². The first-order valence-corrected chi connectivity index (χ1v) is 17.5. The van der Waals surface area contributed by atoms with Crippen LogP contribution in [0.4, 0.5) is 23.6 Å². The van der Waals surface area contributed by atoms with E-state index in [1.54, 1.807) is 18.2 Å². The average Bonchev–Trinajstić information content (AvgIpc) is 3.56. The van der Waals surface area contributed by atoms with Crippen LogP contribution in [0.5, 0.6) is 5.75 Å². The predicted octanol–water partition coefficient (Wildman–Crippen LogP) is 9.79. The van der Waals surface area contributed by atoms with Gasteiger partial charge in [0.25, 0.3) is 5.89 Å². The van der Waals surface area contributed by atoms with Crippen molar-refractivity contribution in [2.75, 3.05) is 18.6 Å². The number of halogens is 4. The molecule has 0 aliphatic heterocycles. The Morgan fingerprint density at radius 2 is 1.53 bits per heavy atom. The summed E-state index contributed by atoms with van der Waals surface area (Å²) in [5.41, 5.74) is 2.75. The smallest absolute Gasteiger partial charge is 0.422 e. The summed E-state index contributed by atoms with van der Waals surface area (Å²) in [4.78, 5) is 4.80. The number of ether oxygens (including phenoxy) is 1. The topological polar surface area (TPSA) is 101 Å². The minimum Gasteiger partial charge on any atom is -0.484 e. The number of anilines is 1. The van der Waals surface area contributed by atoms with Gasteiger partial charge in [0.15, 0.2) is 6.61 Å². The summed E-state index contributed by atoms with van der Waals surface area (Å²) in [6.45, 7) is 6.05. The quantitative estimate of drug-likeness (QED) is 0.0886. The van der Waals surface area contributed by atoms with Crippen LogP contribution >= 0.6 is 8.60 Å². The van der Waals surface area contributed by atoms with E-state index in [4.69, 9.17) is 27.7 Å². The number of nitrogens with one attached hydrogen (secondary N) is 1. The van der Waals surface area contributed by atoms with Crippen molar-refractivity contribution in [2.24, 2.45) is 0 Å². The van der Waals surface area contributed by atoms with Crippen LogP contribution in [0.3, 0.4) is 0 Å². The molecule has 2 aromatic heterocycles. The summed E-state index contributed by atoms with van der Waals surface area (Å²) >= 11 is 0. The number of hydrogen-bond acceptors (Lipinski definition) is 9. The lowest BCUT2D eigenvalue weighted by molar-refractivity contribution is -0.153. The molecule has 0 saturated heterocycles. The molecule has 1 N–H and O–H groups in total. The molecule has 0 unspecified atom stereocenters. The third-order valence-electron chi connectivity index (χ3n) is 8.38. The van der Waals surface area contributed by atoms with Crippen molar-refractivity contribution in [2.45, 2.75) is 77.0 Å². The summed E-state index contributed by atoms with van der Waals surface area (Å²) in [6.07, 6.45) is -3.84. The molecule has 1 aliphatic carbocycles. The van der Waals surface area contributed by atoms with E-state index in [2.05, 4.69) is 15.5 Å². The van der Waals surface area contributed by atoms with Crippen LogP contribution in [0.2, 0.25) is 0 Å². The number of aromatic nitrogens is 3. The average molecular weight is 727 g/mol. The fourth-order valence-electron chi connectivity index (χ4n) is 5.75. The summed E-state index contributed by atoms with van der Waals surface area (Å²) in [5.74, 6) is 0.262. The lowest BCUT2D eigenvalue weighted by Crippen LogP contribution is -2.53. The van der Waals surface area contributed by atoms with E-state index in [0.717, 1.165) is 16.7 Å². The summed E-state index contributed by atoms with van der Waals surface area (Å²) in [7, 11) is -1.89. The maximum Gasteiger partial charge on any atom is 0.422 e. The van der Waals surface area contributed by atoms with Gasteiger partial charge in [0, 0.05) is 11.4 Å². The molecule has 1 fully saturated rings. The minimum atomic E-state index is -4.46. The van der Waals surface area contributed by atoms with Gasteiger partial charge in [-0.2, -0.15) is 13.2 Å². The van der Waals surface area contributed by atoms with Gasteiger partial charge >= 0.3 is 20.8 Å². The maximum absolute atomic E-state index is 14.5. The standard InChI is InChI=1S/C37H39F4N4O5P/c1-24-15-31(43-32-29(24)16-28(46-23-37(39,40)41)17-30(32)35(2,3)4)33-44-45-34(49-33)42-27-18-36(19-27,22-38)50-51(47-20-25-11-7-5-8-12-25)48-21-26-13-9-6-10-14-26/h5-17,27H,18-23H2,1-4H3,(H,42,45). The maximum atomic E-state index is 14.5. The van der Waals surface area contributed by atoms with E-state index < -0.39 is 39.1 Å². The van der Waals surface area contributed by atoms with Gasteiger partial charge in [-0.3, -0.25) is 0 Å². The molecule has 0 spiro atoms. The lowest BCUT2D eigenvalue weighted by Gasteiger charge is -2.45. The van der Waals surface area contributed by atoms with Crippen molar-refractivity contribution in [3.05, 3.63) is 101 Å². The first kappa shape index (κ1) is 36.6. The number of nitrogens with zero attached hydrogens (tertiary/aromatic N) is 3. The van der Waals surface area contributed by atoms with Gasteiger partial charge in [0.05, 0.1) is 18.7 Å². The van der Waals surface area contributed by atoms with E-state index in [9.17, 15) is 17.6 Å². The van der Waals surface area contributed by atoms with Crippen molar-refractivity contribution in [3.63, 3.8) is 0 Å². The van der Waals surface area contributed by atoms with Crippen LogP contribution in [0, 0.1) is 6.92 Å². The zero-order chi connectivity index (χ0) is 36.2. The van der Waals surface area contributed by atoms with Gasteiger partial charge in [-0.25, -0.2) is 9.37 Å². The highest BCUT2D eigenvalue weighted by Gasteiger charge is 2.49. The molecule has 0 bridgehead atoms. The fourth-order valence-corrected chi connectivity index (χ4v) is 6.96. The molecule has 0 atom stereocenters. The molecule has 5 aromatic rings. The molecule has 6 rings (SSSR count). The Hall–Kier alpha value is -4.16. The largest absolute Gasteiger partial charge is 0.484 e. The molecule has 1 aliphatic rings. The van der Waals surface area contributed by atoms with Crippen molar-refractivity contribution < 1.29 is 40.3 Å². The lowest BCUT2D eigenvalue weighted by atomic mass is 9.77. The minimum absolute atomic E-state index is 0.110. The Morgan fingerprint density at radius 1 is 0.902 bits per heavy atom. The Labute approximate surface area is 294 Å². The zero-order valence-corrected chi connectivity index (χ0v) is 29.6. The summed E-state index contributed by atoms with van der Waals surface area (Å²) in [5, 5.41) is 12.2. The van der Waals surface area contributed by atoms with Crippen LogP contribution in [0.25, 0.3) is 22.5 Å². The van der Waals surface area contributed by atoms with Crippen LogP contribution in [0.1, 0.15) is 55.9 Å². The third-order valence-corrected chi connectivity index (χ3v) is 9.60. The van der Waals surface area contributed by atoms with Crippen LogP contribution in [-0.4, -0.2) is 46.3 Å². The van der Waals surface area contributed by atoms with Crippen molar-refractivity contribution >= 4 is 25.5 Å². The van der Waals surface area contributed by atoms with Crippen molar-refractivity contribution in [3.8, 4) is 17.3 Å². The van der Waals surface area contributed by atoms with Crippen LogP contribution < -0.4 is 10.1 Å². The number of alkyl halides is 4. The second kappa shape index (κ2) is 15.2. The number of fused-ring (bicyclic) bond motifs is 1. The molecule has 51 heavy (non-hydrogen) atoms. The molecule has 2 heterocycles. The van der Waals surface area contributed by atoms with Crippen molar-refractivity contribution in [1.82, 2.24) is 15.2 Å². The number of aryl methyl sites for hydroxylation is 1. The molecular weight excluding hydrogens is 687 g/mol. The normalized spacial score (nSPS) is 17.9. The van der Waals surface area contributed by atoms with E-state index in [0.29, 0.717) is 35.0 Å². The highest BCUT2D eigenvalue weighted by Crippen LogP contribution is 2.52. The molecular formula is C37H39F4N4O5P. The Kier molecular flexibility index (Phi) is 10.9. The van der Waals surface area contributed by atoms with Gasteiger partial charge in [-0.05, 0) is 65.6 Å². The zero-order valence-electron chi connectivity index (χ0n) is 28.7. The second-order valence-corrected chi connectivity index (χ2v) is 14.8. The fraction of sp³-hybridized carbons (Fsp3) is 0.378. The monoisotopic (exact) mass is 726 g/mol. The summed E-state index contributed by atoms with van der Waals surface area (Å²) in [6, 6.07) is 24.0. The third kappa shape index (κ3) is 9.39. The SMILES string of the molecule is Cc1cc(-c2nnc(NC3CC(CF)(OP(OCc4ccccc4)OCc4ccccc4)C3)o2)nc2c(C(C)(C)C)cc(OCC(F)(F)F)cc12. The highest BCUT2D eigenvalue weighted by molar-refractivity contribution is 7.41. The molecule has 3 aromatic carbocycles. The molecule has 0 radical (unpaired) electrons. The van der Waals surface area contributed by atoms with E-state index in [1.807, 2.05) is 88.4 Å². The molecule has 1 saturated carbocycles. The summed E-state index contributed by atoms with van der Waals surface area (Å²) < 4.78 is 82.5. The Bertz CT molecular complexity index is 1870.